The fraction of sp³-hybridized carbons (Fsp3) is 0.286. The number of fused-ring (bicyclic) bond motifs is 2. The second kappa shape index (κ2) is 7.42. The summed E-state index contributed by atoms with van der Waals surface area (Å²) in [6.07, 6.45) is 0.881. The summed E-state index contributed by atoms with van der Waals surface area (Å²) in [6, 6.07) is 12.2. The van der Waals surface area contributed by atoms with Crippen LogP contribution in [0.3, 0.4) is 0 Å². The molecule has 1 aliphatic rings. The number of anilines is 2. The molecule has 0 aliphatic carbocycles. The highest BCUT2D eigenvalue weighted by atomic mass is 19.1. The molecule has 144 valence electrons. The second-order valence-electron chi connectivity index (χ2n) is 6.83. The van der Waals surface area contributed by atoms with Gasteiger partial charge in [0.15, 0.2) is 23.2 Å². The summed E-state index contributed by atoms with van der Waals surface area (Å²) >= 11 is 0. The number of rotatable bonds is 3. The molecule has 6 nitrogen and oxygen atoms in total. The van der Waals surface area contributed by atoms with E-state index in [1.54, 1.807) is 11.0 Å². The number of para-hydroxylation sites is 2. The molecule has 2 heterocycles. The summed E-state index contributed by atoms with van der Waals surface area (Å²) < 4.78 is 18.9. The quantitative estimate of drug-likeness (QED) is 0.698. The maximum Gasteiger partial charge on any atom is 0.232 e. The van der Waals surface area contributed by atoms with Crippen molar-refractivity contribution >= 4 is 28.6 Å². The summed E-state index contributed by atoms with van der Waals surface area (Å²) in [6.45, 7) is 1.32. The van der Waals surface area contributed by atoms with Crippen LogP contribution in [0.4, 0.5) is 16.0 Å². The van der Waals surface area contributed by atoms with E-state index in [0.29, 0.717) is 23.7 Å². The predicted molar refractivity (Wildman–Crippen MR) is 106 cm³/mol. The SMILES string of the molecule is COc1ccc(CC(=O)N2CCCN(C)c3nc4ccccc4nc32)cc1F. The van der Waals surface area contributed by atoms with Crippen LogP contribution in [0.1, 0.15) is 12.0 Å². The minimum absolute atomic E-state index is 0.0819. The molecule has 7 heteroatoms. The van der Waals surface area contributed by atoms with E-state index < -0.39 is 5.82 Å². The topological polar surface area (TPSA) is 58.6 Å². The maximum absolute atomic E-state index is 14.0. The molecule has 28 heavy (non-hydrogen) atoms. The summed E-state index contributed by atoms with van der Waals surface area (Å²) in [7, 11) is 3.37. The van der Waals surface area contributed by atoms with Crippen molar-refractivity contribution in [2.75, 3.05) is 37.0 Å². The van der Waals surface area contributed by atoms with E-state index in [9.17, 15) is 9.18 Å². The van der Waals surface area contributed by atoms with E-state index in [2.05, 4.69) is 0 Å². The number of nitrogens with zero attached hydrogens (tertiary/aromatic N) is 4. The lowest BCUT2D eigenvalue weighted by atomic mass is 10.1. The molecule has 1 aromatic heterocycles. The van der Waals surface area contributed by atoms with Crippen molar-refractivity contribution in [2.45, 2.75) is 12.8 Å². The van der Waals surface area contributed by atoms with E-state index in [4.69, 9.17) is 14.7 Å². The Morgan fingerprint density at radius 2 is 1.82 bits per heavy atom. The van der Waals surface area contributed by atoms with Gasteiger partial charge in [0.25, 0.3) is 0 Å². The molecule has 0 saturated heterocycles. The van der Waals surface area contributed by atoms with Crippen molar-refractivity contribution < 1.29 is 13.9 Å². The number of halogens is 1. The zero-order chi connectivity index (χ0) is 19.7. The molecule has 1 amide bonds. The van der Waals surface area contributed by atoms with Gasteiger partial charge >= 0.3 is 0 Å². The van der Waals surface area contributed by atoms with Crippen LogP contribution < -0.4 is 14.5 Å². The number of amides is 1. The molecule has 0 bridgehead atoms. The molecule has 0 saturated carbocycles. The van der Waals surface area contributed by atoms with Gasteiger partial charge in [-0.05, 0) is 36.2 Å². The van der Waals surface area contributed by atoms with Crippen LogP contribution in [0.15, 0.2) is 42.5 Å². The fourth-order valence-corrected chi connectivity index (χ4v) is 3.43. The zero-order valence-corrected chi connectivity index (χ0v) is 15.9. The van der Waals surface area contributed by atoms with Gasteiger partial charge in [0.1, 0.15) is 0 Å². The first kappa shape index (κ1) is 18.2. The van der Waals surface area contributed by atoms with Crippen molar-refractivity contribution in [1.82, 2.24) is 9.97 Å². The number of aromatic nitrogens is 2. The second-order valence-corrected chi connectivity index (χ2v) is 6.83. The van der Waals surface area contributed by atoms with E-state index in [1.165, 1.54) is 19.2 Å². The van der Waals surface area contributed by atoms with Gasteiger partial charge < -0.3 is 9.64 Å². The predicted octanol–water partition coefficient (Wildman–Crippen LogP) is 3.19. The first-order valence-corrected chi connectivity index (χ1v) is 9.17. The molecule has 2 aromatic carbocycles. The average molecular weight is 380 g/mol. The average Bonchev–Trinajstić information content (AvgIpc) is 2.85. The van der Waals surface area contributed by atoms with Crippen LogP contribution in [0, 0.1) is 5.82 Å². The van der Waals surface area contributed by atoms with Crippen LogP contribution in [-0.4, -0.2) is 43.1 Å². The van der Waals surface area contributed by atoms with Gasteiger partial charge in [-0.25, -0.2) is 14.4 Å². The van der Waals surface area contributed by atoms with Crippen molar-refractivity contribution in [3.8, 4) is 5.75 Å². The highest BCUT2D eigenvalue weighted by Gasteiger charge is 2.27. The Bertz CT molecular complexity index is 1040. The molecule has 0 fully saturated rings. The van der Waals surface area contributed by atoms with Gasteiger partial charge in [-0.3, -0.25) is 9.69 Å². The van der Waals surface area contributed by atoms with E-state index in [-0.39, 0.29) is 18.1 Å². The highest BCUT2D eigenvalue weighted by molar-refractivity contribution is 5.97. The van der Waals surface area contributed by atoms with Gasteiger partial charge in [-0.1, -0.05) is 18.2 Å². The van der Waals surface area contributed by atoms with Gasteiger partial charge in [-0.15, -0.1) is 0 Å². The van der Waals surface area contributed by atoms with E-state index >= 15 is 0 Å². The van der Waals surface area contributed by atoms with Crippen LogP contribution in [0.2, 0.25) is 0 Å². The summed E-state index contributed by atoms with van der Waals surface area (Å²) in [5, 5.41) is 0. The normalized spacial score (nSPS) is 14.0. The van der Waals surface area contributed by atoms with Crippen LogP contribution in [-0.2, 0) is 11.2 Å². The Morgan fingerprint density at radius 3 is 2.50 bits per heavy atom. The maximum atomic E-state index is 14.0. The molecule has 0 radical (unpaired) electrons. The van der Waals surface area contributed by atoms with Crippen LogP contribution in [0.5, 0.6) is 5.75 Å². The largest absolute Gasteiger partial charge is 0.494 e. The Morgan fingerprint density at radius 1 is 1.11 bits per heavy atom. The molecule has 1 aliphatic heterocycles. The summed E-state index contributed by atoms with van der Waals surface area (Å²) in [4.78, 5) is 26.2. The Kier molecular flexibility index (Phi) is 4.81. The molecule has 0 atom stereocenters. The van der Waals surface area contributed by atoms with E-state index in [1.807, 2.05) is 36.2 Å². The van der Waals surface area contributed by atoms with Gasteiger partial charge in [-0.2, -0.15) is 0 Å². The Hall–Kier alpha value is -3.22. The van der Waals surface area contributed by atoms with Crippen LogP contribution >= 0.6 is 0 Å². The smallest absolute Gasteiger partial charge is 0.232 e. The summed E-state index contributed by atoms with van der Waals surface area (Å²) in [5.74, 6) is 0.790. The molecule has 3 aromatic rings. The third-order valence-corrected chi connectivity index (χ3v) is 4.90. The van der Waals surface area contributed by atoms with E-state index in [0.717, 1.165) is 24.0 Å². The summed E-state index contributed by atoms with van der Waals surface area (Å²) in [5.41, 5.74) is 2.13. The Balaban J connectivity index is 1.69. The first-order valence-electron chi connectivity index (χ1n) is 9.17. The fourth-order valence-electron chi connectivity index (χ4n) is 3.43. The number of benzene rings is 2. The lowest BCUT2D eigenvalue weighted by Crippen LogP contribution is -2.33. The molecular formula is C21H21FN4O2. The van der Waals surface area contributed by atoms with Crippen molar-refractivity contribution in [3.05, 3.63) is 53.8 Å². The lowest BCUT2D eigenvalue weighted by molar-refractivity contribution is -0.118. The van der Waals surface area contributed by atoms with Crippen molar-refractivity contribution in [1.29, 1.82) is 0 Å². The highest BCUT2D eigenvalue weighted by Crippen LogP contribution is 2.30. The molecule has 0 N–H and O–H groups in total. The first-order chi connectivity index (χ1) is 13.6. The number of ether oxygens (including phenoxy) is 1. The van der Waals surface area contributed by atoms with Gasteiger partial charge in [0, 0.05) is 20.1 Å². The van der Waals surface area contributed by atoms with Crippen molar-refractivity contribution in [3.63, 3.8) is 0 Å². The minimum Gasteiger partial charge on any atom is -0.494 e. The number of hydrogen-bond acceptors (Lipinski definition) is 5. The molecule has 4 rings (SSSR count). The zero-order valence-electron chi connectivity index (χ0n) is 15.9. The standard InChI is InChI=1S/C21H21FN4O2/c1-25-10-5-11-26(19(27)13-14-8-9-18(28-2)15(22)12-14)21-20(25)23-16-6-3-4-7-17(16)24-21/h3-4,6-9,12H,5,10-11,13H2,1-2H3. The van der Waals surface area contributed by atoms with Crippen molar-refractivity contribution in [2.24, 2.45) is 0 Å². The number of carbonyl (C=O) groups is 1. The third-order valence-electron chi connectivity index (χ3n) is 4.90. The number of carbonyl (C=O) groups excluding carboxylic acids is 1. The van der Waals surface area contributed by atoms with Crippen LogP contribution in [0.25, 0.3) is 11.0 Å². The third kappa shape index (κ3) is 3.35. The monoisotopic (exact) mass is 380 g/mol. The van der Waals surface area contributed by atoms with Gasteiger partial charge in [0.2, 0.25) is 5.91 Å². The molecule has 0 spiro atoms. The number of hydrogen-bond donors (Lipinski definition) is 0. The lowest BCUT2D eigenvalue weighted by Gasteiger charge is -2.23. The number of methoxy groups -OCH3 is 1. The molecular weight excluding hydrogens is 359 g/mol. The molecule has 0 unspecified atom stereocenters. The Labute approximate surface area is 162 Å². The minimum atomic E-state index is -0.477. The van der Waals surface area contributed by atoms with Gasteiger partial charge in [0.05, 0.1) is 24.6 Å².